The van der Waals surface area contributed by atoms with Crippen molar-refractivity contribution in [1.29, 1.82) is 0 Å². The van der Waals surface area contributed by atoms with Crippen LogP contribution in [0.3, 0.4) is 0 Å². The summed E-state index contributed by atoms with van der Waals surface area (Å²) in [4.78, 5) is 40.6. The molecule has 4 rings (SSSR count). The second kappa shape index (κ2) is 9.26. The third-order valence-electron chi connectivity index (χ3n) is 7.05. The van der Waals surface area contributed by atoms with E-state index in [9.17, 15) is 28.3 Å². The fraction of sp³-hybridized carbons (Fsp3) is 0.762. The van der Waals surface area contributed by atoms with Gasteiger partial charge in [-0.05, 0) is 39.3 Å². The zero-order chi connectivity index (χ0) is 23.2. The van der Waals surface area contributed by atoms with Gasteiger partial charge in [0.1, 0.15) is 5.70 Å². The Bertz CT molecular complexity index is 820. The molecule has 11 heteroatoms. The highest BCUT2D eigenvalue weighted by Gasteiger charge is 2.60. The van der Waals surface area contributed by atoms with Crippen molar-refractivity contribution in [3.63, 3.8) is 0 Å². The van der Waals surface area contributed by atoms with Crippen LogP contribution in [0.5, 0.6) is 0 Å². The summed E-state index contributed by atoms with van der Waals surface area (Å²) in [5.41, 5.74) is 0.00382. The highest BCUT2D eigenvalue weighted by Crippen LogP contribution is 2.51. The number of likely N-dealkylation sites (tertiary alicyclic amines) is 1. The van der Waals surface area contributed by atoms with Crippen LogP contribution in [0.4, 0.5) is 8.78 Å². The number of carbonyl (C=O) groups is 3. The summed E-state index contributed by atoms with van der Waals surface area (Å²) in [7, 11) is 0. The normalized spacial score (nSPS) is 33.6. The highest BCUT2D eigenvalue weighted by molar-refractivity contribution is 8.03. The van der Waals surface area contributed by atoms with Crippen LogP contribution in [-0.4, -0.2) is 88.7 Å². The number of thioether (sulfide) groups is 1. The zero-order valence-electron chi connectivity index (χ0n) is 18.2. The second-order valence-corrected chi connectivity index (χ2v) is 10.6. The van der Waals surface area contributed by atoms with Crippen LogP contribution in [0.2, 0.25) is 0 Å². The first-order chi connectivity index (χ1) is 15.2. The fourth-order valence-electron chi connectivity index (χ4n) is 5.54. The number of fused-ring (bicyclic) bond motifs is 1. The van der Waals surface area contributed by atoms with Gasteiger partial charge in [-0.15, -0.1) is 11.8 Å². The summed E-state index contributed by atoms with van der Waals surface area (Å²) in [6.07, 6.45) is 0.236. The highest BCUT2D eigenvalue weighted by atomic mass is 32.2. The van der Waals surface area contributed by atoms with E-state index in [4.69, 9.17) is 0 Å². The van der Waals surface area contributed by atoms with Gasteiger partial charge >= 0.3 is 12.4 Å². The lowest BCUT2D eigenvalue weighted by molar-refractivity contribution is -0.159. The molecule has 0 aromatic rings. The van der Waals surface area contributed by atoms with E-state index in [0.717, 1.165) is 32.6 Å². The topological polar surface area (TPSA) is 102 Å². The Hall–Kier alpha value is -1.72. The van der Waals surface area contributed by atoms with Crippen molar-refractivity contribution in [2.24, 2.45) is 11.8 Å². The van der Waals surface area contributed by atoms with E-state index >= 15 is 0 Å². The van der Waals surface area contributed by atoms with Gasteiger partial charge in [-0.3, -0.25) is 9.59 Å². The van der Waals surface area contributed by atoms with Gasteiger partial charge in [0, 0.05) is 41.2 Å². The molecule has 0 bridgehead atoms. The molecule has 178 valence electrons. The summed E-state index contributed by atoms with van der Waals surface area (Å²) >= 11 is 1.52. The Morgan fingerprint density at radius 2 is 2.00 bits per heavy atom. The van der Waals surface area contributed by atoms with Gasteiger partial charge in [-0.2, -0.15) is 8.78 Å². The average molecular weight is 473 g/mol. The van der Waals surface area contributed by atoms with Crippen LogP contribution >= 0.6 is 11.8 Å². The number of halogens is 2. The van der Waals surface area contributed by atoms with Crippen molar-refractivity contribution < 1.29 is 28.3 Å². The van der Waals surface area contributed by atoms with Crippen LogP contribution in [0.15, 0.2) is 10.6 Å². The van der Waals surface area contributed by atoms with Gasteiger partial charge < -0.3 is 25.5 Å². The number of amides is 2. The van der Waals surface area contributed by atoms with Gasteiger partial charge in [-0.1, -0.05) is 6.92 Å². The van der Waals surface area contributed by atoms with E-state index in [1.54, 1.807) is 0 Å². The molecule has 2 amide bonds. The van der Waals surface area contributed by atoms with Gasteiger partial charge in [0.25, 0.3) is 5.91 Å². The van der Waals surface area contributed by atoms with Crippen molar-refractivity contribution in [2.45, 2.75) is 62.9 Å². The monoisotopic (exact) mass is 472 g/mol. The van der Waals surface area contributed by atoms with E-state index in [2.05, 4.69) is 15.5 Å². The lowest BCUT2D eigenvalue weighted by Gasteiger charge is -2.47. The summed E-state index contributed by atoms with van der Waals surface area (Å²) in [6, 6.07) is -0.879. The minimum Gasteiger partial charge on any atom is -0.477 e. The van der Waals surface area contributed by atoms with E-state index in [1.807, 2.05) is 6.92 Å². The molecule has 32 heavy (non-hydrogen) atoms. The fourth-order valence-corrected chi connectivity index (χ4v) is 7.06. The Kier molecular flexibility index (Phi) is 6.78. The minimum absolute atomic E-state index is 0.00382. The Labute approximate surface area is 190 Å². The molecule has 0 aliphatic carbocycles. The molecule has 8 nitrogen and oxygen atoms in total. The number of aliphatic carboxylic acids is 1. The number of carboxylic acids is 1. The van der Waals surface area contributed by atoms with Crippen molar-refractivity contribution in [2.75, 3.05) is 26.2 Å². The second-order valence-electron chi connectivity index (χ2n) is 9.22. The summed E-state index contributed by atoms with van der Waals surface area (Å²) in [6.45, 7) is 7.41. The molecule has 3 fully saturated rings. The molecular formula is C21H30F2N4O4S. The number of rotatable bonds is 8. The van der Waals surface area contributed by atoms with Gasteiger partial charge in [0.05, 0.1) is 12.0 Å². The van der Waals surface area contributed by atoms with Crippen LogP contribution in [0, 0.1) is 11.8 Å². The van der Waals surface area contributed by atoms with E-state index < -0.39 is 42.2 Å². The first kappa shape index (κ1) is 23.4. The smallest absolute Gasteiger partial charge is 0.353 e. The molecule has 3 N–H and O–H groups in total. The minimum atomic E-state index is -3.16. The number of carbonyl (C=O) groups excluding carboxylic acids is 2. The molecular weight excluding hydrogens is 442 g/mol. The van der Waals surface area contributed by atoms with Crippen molar-refractivity contribution in [1.82, 2.24) is 20.4 Å². The number of hydrogen-bond donors (Lipinski definition) is 3. The predicted octanol–water partition coefficient (Wildman–Crippen LogP) is 1.09. The average Bonchev–Trinajstić information content (AvgIpc) is 3.43. The quantitative estimate of drug-likeness (QED) is 0.455. The van der Waals surface area contributed by atoms with Crippen molar-refractivity contribution in [3.05, 3.63) is 10.6 Å². The standard InChI is InChI=1S/C21H30F2N4O4S/c1-10-15-14(11(2)25-19(28)18(22)23)20(29)27(15)16(21(30)31)17(10)32-13-7-12(24-8-13)9-26-5-3-4-6-26/h10-15,18,24H,3-9H2,1-2H3,(H,25,28)(H,30,31)/t10-,11?,12?,13+,14-,15-/m1/s1. The molecule has 0 aromatic carbocycles. The maximum absolute atomic E-state index is 12.8. The van der Waals surface area contributed by atoms with Crippen LogP contribution in [0.25, 0.3) is 0 Å². The number of β-lactam (4-membered cyclic amide) rings is 1. The molecule has 3 saturated heterocycles. The van der Waals surface area contributed by atoms with Gasteiger partial charge in [-0.25, -0.2) is 4.79 Å². The number of nitrogens with one attached hydrogen (secondary N) is 2. The molecule has 0 radical (unpaired) electrons. The van der Waals surface area contributed by atoms with Crippen LogP contribution in [-0.2, 0) is 14.4 Å². The van der Waals surface area contributed by atoms with Gasteiger partial charge in [0.15, 0.2) is 0 Å². The maximum atomic E-state index is 12.8. The van der Waals surface area contributed by atoms with Crippen LogP contribution in [0.1, 0.15) is 33.1 Å². The Morgan fingerprint density at radius 1 is 1.31 bits per heavy atom. The van der Waals surface area contributed by atoms with Crippen molar-refractivity contribution >= 4 is 29.5 Å². The maximum Gasteiger partial charge on any atom is 0.353 e. The Balaban J connectivity index is 1.43. The number of carboxylic acid groups (broad SMARTS) is 1. The molecule has 4 aliphatic heterocycles. The van der Waals surface area contributed by atoms with E-state index in [1.165, 1.54) is 36.4 Å². The lowest BCUT2D eigenvalue weighted by atomic mass is 9.78. The summed E-state index contributed by atoms with van der Waals surface area (Å²) in [5, 5.41) is 15.8. The SMILES string of the molecule is CC(NC(=O)C(F)F)[C@H]1C(=O)N2C(C(=O)O)=C(S[C@@H]3CNC(CN4CCCC4)C3)[C@H](C)[C@H]12. The number of alkyl halides is 2. The molecule has 6 atom stereocenters. The van der Waals surface area contributed by atoms with Gasteiger partial charge in [0.2, 0.25) is 5.91 Å². The lowest BCUT2D eigenvalue weighted by Crippen LogP contribution is -2.66. The summed E-state index contributed by atoms with van der Waals surface area (Å²) < 4.78 is 25.3. The predicted molar refractivity (Wildman–Crippen MR) is 115 cm³/mol. The largest absolute Gasteiger partial charge is 0.477 e. The van der Waals surface area contributed by atoms with Crippen LogP contribution < -0.4 is 10.6 Å². The molecule has 0 spiro atoms. The molecule has 0 aromatic heterocycles. The first-order valence-corrected chi connectivity index (χ1v) is 12.1. The molecule has 2 unspecified atom stereocenters. The van der Waals surface area contributed by atoms with Crippen molar-refractivity contribution in [3.8, 4) is 0 Å². The first-order valence-electron chi connectivity index (χ1n) is 11.2. The molecule has 4 aliphatic rings. The van der Waals surface area contributed by atoms with E-state index in [-0.39, 0.29) is 16.9 Å². The molecule has 0 saturated carbocycles. The summed E-state index contributed by atoms with van der Waals surface area (Å²) in [5.74, 6) is -3.97. The number of nitrogens with zero attached hydrogens (tertiary/aromatic N) is 2. The van der Waals surface area contributed by atoms with E-state index in [0.29, 0.717) is 10.9 Å². The Morgan fingerprint density at radius 3 is 2.62 bits per heavy atom. The third kappa shape index (κ3) is 4.26. The molecule has 4 heterocycles. The zero-order valence-corrected chi connectivity index (χ0v) is 19.0. The number of hydrogen-bond acceptors (Lipinski definition) is 6. The third-order valence-corrected chi connectivity index (χ3v) is 8.56.